The summed E-state index contributed by atoms with van der Waals surface area (Å²) < 4.78 is 0. The predicted octanol–water partition coefficient (Wildman–Crippen LogP) is -0.186. The van der Waals surface area contributed by atoms with E-state index in [-0.39, 0.29) is 5.41 Å². The third kappa shape index (κ3) is 2.77. The fourth-order valence-corrected chi connectivity index (χ4v) is 1.15. The number of rotatable bonds is 3. The molecule has 1 aliphatic rings. The first-order valence-electron chi connectivity index (χ1n) is 4.29. The predicted molar refractivity (Wildman–Crippen MR) is 47.7 cm³/mol. The van der Waals surface area contributed by atoms with Gasteiger partial charge >= 0.3 is 0 Å². The van der Waals surface area contributed by atoms with E-state index in [0.717, 1.165) is 19.6 Å². The second-order valence-corrected chi connectivity index (χ2v) is 2.79. The van der Waals surface area contributed by atoms with Gasteiger partial charge in [-0.1, -0.05) is 13.8 Å². The largest absolute Gasteiger partial charge is 0.396 e. The molecule has 1 heterocycles. The smallest absolute Gasteiger partial charge is 0.0524 e. The van der Waals surface area contributed by atoms with Gasteiger partial charge in [0.25, 0.3) is 0 Å². The first-order valence-corrected chi connectivity index (χ1v) is 4.29. The highest BCUT2D eigenvalue weighted by molar-refractivity contribution is 4.92. The summed E-state index contributed by atoms with van der Waals surface area (Å²) in [5, 5.41) is 15.1. The Kier molecular flexibility index (Phi) is 5.46. The van der Waals surface area contributed by atoms with Gasteiger partial charge in [0.15, 0.2) is 0 Å². The van der Waals surface area contributed by atoms with Gasteiger partial charge < -0.3 is 15.7 Å². The Labute approximate surface area is 69.2 Å². The van der Waals surface area contributed by atoms with Gasteiger partial charge in [0.1, 0.15) is 0 Å². The molecule has 0 aliphatic carbocycles. The highest BCUT2D eigenvalue weighted by Crippen LogP contribution is 2.19. The van der Waals surface area contributed by atoms with E-state index >= 15 is 0 Å². The summed E-state index contributed by atoms with van der Waals surface area (Å²) >= 11 is 0. The first-order chi connectivity index (χ1) is 5.33. The van der Waals surface area contributed by atoms with Crippen molar-refractivity contribution in [2.24, 2.45) is 5.41 Å². The number of aliphatic hydroxyl groups excluding tert-OH is 1. The Bertz CT molecular complexity index is 86.6. The lowest BCUT2D eigenvalue weighted by Crippen LogP contribution is -2.59. The van der Waals surface area contributed by atoms with Crippen LogP contribution >= 0.6 is 0 Å². The third-order valence-electron chi connectivity index (χ3n) is 1.89. The maximum atomic E-state index is 8.89. The SMILES string of the molecule is CC.CNCC1(CO)CNC1. The van der Waals surface area contributed by atoms with Crippen LogP contribution in [0.15, 0.2) is 0 Å². The van der Waals surface area contributed by atoms with Crippen molar-refractivity contribution in [3.8, 4) is 0 Å². The van der Waals surface area contributed by atoms with Gasteiger partial charge in [-0.25, -0.2) is 0 Å². The van der Waals surface area contributed by atoms with E-state index in [1.807, 2.05) is 20.9 Å². The molecule has 1 aliphatic heterocycles. The summed E-state index contributed by atoms with van der Waals surface area (Å²) in [5.74, 6) is 0. The molecule has 0 aromatic carbocycles. The van der Waals surface area contributed by atoms with Gasteiger partial charge in [-0.2, -0.15) is 0 Å². The standard InChI is InChI=1S/C6H14N2O.C2H6/c1-7-2-6(5-9)3-8-4-6;1-2/h7-9H,2-5H2,1H3;1-2H3. The summed E-state index contributed by atoms with van der Waals surface area (Å²) in [7, 11) is 1.91. The van der Waals surface area contributed by atoms with Gasteiger partial charge in [0.05, 0.1) is 6.61 Å². The molecule has 1 saturated heterocycles. The molecule has 1 fully saturated rings. The van der Waals surface area contributed by atoms with Crippen LogP contribution in [0.4, 0.5) is 0 Å². The normalized spacial score (nSPS) is 19.6. The van der Waals surface area contributed by atoms with E-state index < -0.39 is 0 Å². The van der Waals surface area contributed by atoms with E-state index in [2.05, 4.69) is 10.6 Å². The highest BCUT2D eigenvalue weighted by atomic mass is 16.3. The summed E-state index contributed by atoms with van der Waals surface area (Å²) in [6.45, 7) is 7.10. The lowest BCUT2D eigenvalue weighted by Gasteiger charge is -2.40. The van der Waals surface area contributed by atoms with Crippen LogP contribution < -0.4 is 10.6 Å². The second-order valence-electron chi connectivity index (χ2n) is 2.79. The molecule has 0 aromatic rings. The van der Waals surface area contributed by atoms with Crippen molar-refractivity contribution in [3.05, 3.63) is 0 Å². The van der Waals surface area contributed by atoms with Crippen LogP contribution in [-0.4, -0.2) is 38.4 Å². The van der Waals surface area contributed by atoms with E-state index in [0.29, 0.717) is 6.61 Å². The molecule has 3 N–H and O–H groups in total. The van der Waals surface area contributed by atoms with Crippen molar-refractivity contribution in [1.29, 1.82) is 0 Å². The highest BCUT2D eigenvalue weighted by Gasteiger charge is 2.35. The lowest BCUT2D eigenvalue weighted by atomic mass is 9.83. The fraction of sp³-hybridized carbons (Fsp3) is 1.00. The van der Waals surface area contributed by atoms with Gasteiger partial charge in [0, 0.05) is 25.0 Å². The number of nitrogens with one attached hydrogen (secondary N) is 2. The van der Waals surface area contributed by atoms with Crippen LogP contribution in [0.1, 0.15) is 13.8 Å². The average molecular weight is 160 g/mol. The summed E-state index contributed by atoms with van der Waals surface area (Å²) in [5.41, 5.74) is 0.148. The number of hydrogen-bond donors (Lipinski definition) is 3. The molecule has 0 unspecified atom stereocenters. The molecule has 0 spiro atoms. The molecule has 1 rings (SSSR count). The molecule has 68 valence electrons. The molecule has 0 aromatic heterocycles. The molecule has 0 bridgehead atoms. The Morgan fingerprint density at radius 3 is 2.09 bits per heavy atom. The topological polar surface area (TPSA) is 44.3 Å². The van der Waals surface area contributed by atoms with Gasteiger partial charge in [-0.3, -0.25) is 0 Å². The maximum absolute atomic E-state index is 8.89. The van der Waals surface area contributed by atoms with Crippen molar-refractivity contribution < 1.29 is 5.11 Å². The minimum absolute atomic E-state index is 0.148. The fourth-order valence-electron chi connectivity index (χ4n) is 1.15. The quantitative estimate of drug-likeness (QED) is 0.536. The van der Waals surface area contributed by atoms with Crippen LogP contribution in [0.2, 0.25) is 0 Å². The Morgan fingerprint density at radius 2 is 2.00 bits per heavy atom. The zero-order valence-electron chi connectivity index (χ0n) is 7.78. The second kappa shape index (κ2) is 5.52. The Morgan fingerprint density at radius 1 is 1.45 bits per heavy atom. The number of hydrogen-bond acceptors (Lipinski definition) is 3. The van der Waals surface area contributed by atoms with Crippen LogP contribution in [0.25, 0.3) is 0 Å². The number of aliphatic hydroxyl groups is 1. The molecular formula is C8H20N2O. The third-order valence-corrected chi connectivity index (χ3v) is 1.89. The molecule has 0 radical (unpaired) electrons. The summed E-state index contributed by atoms with van der Waals surface area (Å²) in [6, 6.07) is 0. The molecule has 0 amide bonds. The van der Waals surface area contributed by atoms with E-state index in [1.165, 1.54) is 0 Å². The first kappa shape index (κ1) is 10.9. The monoisotopic (exact) mass is 160 g/mol. The maximum Gasteiger partial charge on any atom is 0.0524 e. The minimum Gasteiger partial charge on any atom is -0.396 e. The van der Waals surface area contributed by atoms with Gasteiger partial charge in [-0.05, 0) is 7.05 Å². The lowest BCUT2D eigenvalue weighted by molar-refractivity contribution is 0.0700. The van der Waals surface area contributed by atoms with Crippen LogP contribution in [0.5, 0.6) is 0 Å². The van der Waals surface area contributed by atoms with Gasteiger partial charge in [0.2, 0.25) is 0 Å². The average Bonchev–Trinajstić information content (AvgIpc) is 2.01. The minimum atomic E-state index is 0.148. The van der Waals surface area contributed by atoms with E-state index in [1.54, 1.807) is 0 Å². The summed E-state index contributed by atoms with van der Waals surface area (Å²) in [4.78, 5) is 0. The van der Waals surface area contributed by atoms with E-state index in [4.69, 9.17) is 5.11 Å². The van der Waals surface area contributed by atoms with Crippen molar-refractivity contribution in [1.82, 2.24) is 10.6 Å². The molecular weight excluding hydrogens is 140 g/mol. The van der Waals surface area contributed by atoms with E-state index in [9.17, 15) is 0 Å². The molecule has 0 atom stereocenters. The molecule has 3 nitrogen and oxygen atoms in total. The van der Waals surface area contributed by atoms with Crippen LogP contribution in [0.3, 0.4) is 0 Å². The summed E-state index contributed by atoms with van der Waals surface area (Å²) in [6.07, 6.45) is 0. The molecule has 11 heavy (non-hydrogen) atoms. The van der Waals surface area contributed by atoms with Crippen LogP contribution in [0, 0.1) is 5.41 Å². The van der Waals surface area contributed by atoms with Crippen molar-refractivity contribution in [2.75, 3.05) is 33.3 Å². The van der Waals surface area contributed by atoms with Gasteiger partial charge in [-0.15, -0.1) is 0 Å². The Balaban J connectivity index is 0.000000461. The van der Waals surface area contributed by atoms with Crippen LogP contribution in [-0.2, 0) is 0 Å². The zero-order chi connectivity index (χ0) is 8.74. The zero-order valence-corrected chi connectivity index (χ0v) is 7.78. The Hall–Kier alpha value is -0.120. The van der Waals surface area contributed by atoms with Crippen molar-refractivity contribution >= 4 is 0 Å². The van der Waals surface area contributed by atoms with Crippen molar-refractivity contribution in [3.63, 3.8) is 0 Å². The molecule has 3 heteroatoms. The molecule has 0 saturated carbocycles. The van der Waals surface area contributed by atoms with Crippen molar-refractivity contribution in [2.45, 2.75) is 13.8 Å².